The summed E-state index contributed by atoms with van der Waals surface area (Å²) in [5, 5.41) is 16.7. The first-order valence-corrected chi connectivity index (χ1v) is 10.7. The summed E-state index contributed by atoms with van der Waals surface area (Å²) in [7, 11) is 0. The number of aliphatic carboxylic acids is 1. The normalized spacial score (nSPS) is 15.5. The molecule has 0 saturated carbocycles. The van der Waals surface area contributed by atoms with E-state index in [0.717, 1.165) is 0 Å². The molecule has 0 bridgehead atoms. The third kappa shape index (κ3) is 10.8. The molecular formula is C20H36N6O7. The molecule has 5 atom stereocenters. The molecule has 33 heavy (non-hydrogen) atoms. The summed E-state index contributed by atoms with van der Waals surface area (Å²) in [5.74, 6) is -5.92. The maximum atomic E-state index is 12.9. The van der Waals surface area contributed by atoms with E-state index in [2.05, 4.69) is 16.0 Å². The molecule has 188 valence electrons. The van der Waals surface area contributed by atoms with E-state index in [-0.39, 0.29) is 18.8 Å². The van der Waals surface area contributed by atoms with Gasteiger partial charge in [-0.1, -0.05) is 34.1 Å². The lowest BCUT2D eigenvalue weighted by atomic mass is 9.97. The number of hydrogen-bond acceptors (Lipinski definition) is 7. The number of carbonyl (C=O) groups is 6. The zero-order valence-corrected chi connectivity index (χ0v) is 19.4. The van der Waals surface area contributed by atoms with Gasteiger partial charge < -0.3 is 38.3 Å². The number of rotatable bonds is 15. The number of carbonyl (C=O) groups excluding carboxylic acids is 5. The first-order chi connectivity index (χ1) is 15.2. The van der Waals surface area contributed by atoms with Gasteiger partial charge in [-0.05, 0) is 18.3 Å². The molecule has 0 aromatic rings. The molecule has 5 unspecified atom stereocenters. The highest BCUT2D eigenvalue weighted by Crippen LogP contribution is 2.11. The van der Waals surface area contributed by atoms with E-state index < -0.39 is 72.0 Å². The molecule has 0 heterocycles. The van der Waals surface area contributed by atoms with Crippen LogP contribution in [0, 0.1) is 11.8 Å². The van der Waals surface area contributed by atoms with Crippen LogP contribution in [0.1, 0.15) is 53.4 Å². The average molecular weight is 473 g/mol. The van der Waals surface area contributed by atoms with Crippen molar-refractivity contribution in [3.8, 4) is 0 Å². The molecule has 0 fully saturated rings. The Hall–Kier alpha value is -3.22. The van der Waals surface area contributed by atoms with Gasteiger partial charge >= 0.3 is 5.97 Å². The molecule has 0 spiro atoms. The Bertz CT molecular complexity index is 742. The summed E-state index contributed by atoms with van der Waals surface area (Å²) in [4.78, 5) is 71.6. The fourth-order valence-electron chi connectivity index (χ4n) is 2.86. The van der Waals surface area contributed by atoms with Gasteiger partial charge in [-0.25, -0.2) is 4.79 Å². The van der Waals surface area contributed by atoms with E-state index in [1.165, 1.54) is 0 Å². The van der Waals surface area contributed by atoms with Crippen LogP contribution in [0.4, 0.5) is 0 Å². The van der Waals surface area contributed by atoms with Gasteiger partial charge in [-0.2, -0.15) is 0 Å². The molecule has 0 aromatic heterocycles. The number of nitrogens with two attached hydrogens (primary N) is 3. The zero-order valence-electron chi connectivity index (χ0n) is 19.4. The lowest BCUT2D eigenvalue weighted by molar-refractivity contribution is -0.144. The van der Waals surface area contributed by atoms with Crippen LogP contribution in [-0.2, 0) is 28.8 Å². The third-order valence-corrected chi connectivity index (χ3v) is 5.09. The summed E-state index contributed by atoms with van der Waals surface area (Å²) in [6.45, 7) is 6.74. The summed E-state index contributed by atoms with van der Waals surface area (Å²) < 4.78 is 0. The average Bonchev–Trinajstić information content (AvgIpc) is 2.70. The van der Waals surface area contributed by atoms with Crippen LogP contribution in [-0.4, -0.2) is 64.8 Å². The standard InChI is InChI=1S/C20H36N6O7/c1-5-10(4)16(20(32)33)26-19(31)15(9(2)3)25-18(30)12(6-7-13(22)27)24-17(29)11(21)8-14(23)28/h9-12,15-16H,5-8,21H2,1-4H3,(H2,22,27)(H2,23,28)(H,24,29)(H,25,30)(H,26,31)(H,32,33). The summed E-state index contributed by atoms with van der Waals surface area (Å²) in [5.41, 5.74) is 15.7. The van der Waals surface area contributed by atoms with Crippen LogP contribution in [0.2, 0.25) is 0 Å². The topological polar surface area (TPSA) is 237 Å². The van der Waals surface area contributed by atoms with Gasteiger partial charge in [0.1, 0.15) is 18.1 Å². The van der Waals surface area contributed by atoms with Crippen molar-refractivity contribution in [3.05, 3.63) is 0 Å². The van der Waals surface area contributed by atoms with Crippen LogP contribution in [0.3, 0.4) is 0 Å². The molecule has 13 nitrogen and oxygen atoms in total. The SMILES string of the molecule is CCC(C)C(NC(=O)C(NC(=O)C(CCC(N)=O)NC(=O)C(N)CC(N)=O)C(C)C)C(=O)O. The fraction of sp³-hybridized carbons (Fsp3) is 0.700. The number of hydrogen-bond donors (Lipinski definition) is 7. The quantitative estimate of drug-likeness (QED) is 0.136. The third-order valence-electron chi connectivity index (χ3n) is 5.09. The van der Waals surface area contributed by atoms with E-state index in [0.29, 0.717) is 6.42 Å². The highest BCUT2D eigenvalue weighted by Gasteiger charge is 2.33. The van der Waals surface area contributed by atoms with Crippen molar-refractivity contribution in [2.45, 2.75) is 77.5 Å². The molecule has 0 rings (SSSR count). The number of nitrogens with one attached hydrogen (secondary N) is 3. The molecule has 10 N–H and O–H groups in total. The predicted octanol–water partition coefficient (Wildman–Crippen LogP) is -2.30. The Morgan fingerprint density at radius 1 is 0.818 bits per heavy atom. The van der Waals surface area contributed by atoms with Crippen molar-refractivity contribution in [2.75, 3.05) is 0 Å². The second-order valence-electron chi connectivity index (χ2n) is 8.28. The van der Waals surface area contributed by atoms with E-state index in [4.69, 9.17) is 17.2 Å². The smallest absolute Gasteiger partial charge is 0.326 e. The number of carboxylic acids is 1. The summed E-state index contributed by atoms with van der Waals surface area (Å²) >= 11 is 0. The Labute approximate surface area is 192 Å². The zero-order chi connectivity index (χ0) is 25.9. The highest BCUT2D eigenvalue weighted by molar-refractivity contribution is 5.95. The number of carboxylic acid groups (broad SMARTS) is 1. The van der Waals surface area contributed by atoms with Gasteiger partial charge in [0.2, 0.25) is 29.5 Å². The molecular weight excluding hydrogens is 436 g/mol. The van der Waals surface area contributed by atoms with Crippen molar-refractivity contribution >= 4 is 35.5 Å². The predicted molar refractivity (Wildman–Crippen MR) is 118 cm³/mol. The van der Waals surface area contributed by atoms with Crippen molar-refractivity contribution in [1.29, 1.82) is 0 Å². The van der Waals surface area contributed by atoms with Gasteiger partial charge in [-0.3, -0.25) is 24.0 Å². The van der Waals surface area contributed by atoms with E-state index >= 15 is 0 Å². The molecule has 0 radical (unpaired) electrons. The lowest BCUT2D eigenvalue weighted by Gasteiger charge is -2.28. The maximum Gasteiger partial charge on any atom is 0.326 e. The number of amides is 5. The van der Waals surface area contributed by atoms with Crippen molar-refractivity contribution < 1.29 is 33.9 Å². The maximum absolute atomic E-state index is 12.9. The largest absolute Gasteiger partial charge is 0.480 e. The van der Waals surface area contributed by atoms with Gasteiger partial charge in [0, 0.05) is 6.42 Å². The van der Waals surface area contributed by atoms with Crippen LogP contribution in [0.25, 0.3) is 0 Å². The number of primary amides is 2. The minimum absolute atomic E-state index is 0.187. The van der Waals surface area contributed by atoms with Crippen LogP contribution < -0.4 is 33.2 Å². The first kappa shape index (κ1) is 29.8. The van der Waals surface area contributed by atoms with Crippen molar-refractivity contribution in [3.63, 3.8) is 0 Å². The molecule has 0 aliphatic rings. The second-order valence-corrected chi connectivity index (χ2v) is 8.28. The van der Waals surface area contributed by atoms with E-state index in [1.54, 1.807) is 27.7 Å². The van der Waals surface area contributed by atoms with Crippen LogP contribution in [0.15, 0.2) is 0 Å². The van der Waals surface area contributed by atoms with Gasteiger partial charge in [-0.15, -0.1) is 0 Å². The summed E-state index contributed by atoms with van der Waals surface area (Å²) in [6.07, 6.45) is -0.397. The Morgan fingerprint density at radius 3 is 1.79 bits per heavy atom. The van der Waals surface area contributed by atoms with Gasteiger partial charge in [0.25, 0.3) is 0 Å². The van der Waals surface area contributed by atoms with E-state index in [1.807, 2.05) is 0 Å². The molecule has 0 aliphatic carbocycles. The Kier molecular flexibility index (Phi) is 12.7. The molecule has 0 saturated heterocycles. The lowest BCUT2D eigenvalue weighted by Crippen LogP contribution is -2.59. The van der Waals surface area contributed by atoms with Crippen LogP contribution >= 0.6 is 0 Å². The molecule has 5 amide bonds. The monoisotopic (exact) mass is 472 g/mol. The van der Waals surface area contributed by atoms with Crippen molar-refractivity contribution in [1.82, 2.24) is 16.0 Å². The molecule has 0 aromatic carbocycles. The summed E-state index contributed by atoms with van der Waals surface area (Å²) in [6, 6.07) is -4.89. The first-order valence-electron chi connectivity index (χ1n) is 10.7. The van der Waals surface area contributed by atoms with Gasteiger partial charge in [0.05, 0.1) is 12.5 Å². The fourth-order valence-corrected chi connectivity index (χ4v) is 2.86. The van der Waals surface area contributed by atoms with Crippen LogP contribution in [0.5, 0.6) is 0 Å². The minimum Gasteiger partial charge on any atom is -0.480 e. The Morgan fingerprint density at radius 2 is 1.36 bits per heavy atom. The molecule has 0 aliphatic heterocycles. The second kappa shape index (κ2) is 14.0. The Balaban J connectivity index is 5.54. The van der Waals surface area contributed by atoms with E-state index in [9.17, 15) is 33.9 Å². The van der Waals surface area contributed by atoms with Crippen molar-refractivity contribution in [2.24, 2.45) is 29.0 Å². The van der Waals surface area contributed by atoms with Gasteiger partial charge in [0.15, 0.2) is 0 Å². The highest BCUT2D eigenvalue weighted by atomic mass is 16.4. The minimum atomic E-state index is -1.32. The molecule has 13 heteroatoms.